The van der Waals surface area contributed by atoms with Crippen LogP contribution in [0, 0.1) is 0 Å². The van der Waals surface area contributed by atoms with Gasteiger partial charge >= 0.3 is 11.6 Å². The zero-order chi connectivity index (χ0) is 14.7. The van der Waals surface area contributed by atoms with E-state index in [1.807, 2.05) is 0 Å². The smallest absolute Gasteiger partial charge is 0.349 e. The number of carbonyl (C=O) groups excluding carboxylic acids is 1. The van der Waals surface area contributed by atoms with Crippen molar-refractivity contribution < 1.29 is 19.1 Å². The standard InChI is InChI=1S/C14H13NO5/c1-2-15(8-12(16)17)13(18)10-7-9-5-3-4-6-11(9)20-14(10)19/h3-7H,2,8H2,1H3,(H,16,17). The first-order valence-electron chi connectivity index (χ1n) is 6.07. The Labute approximate surface area is 114 Å². The molecule has 0 aliphatic heterocycles. The summed E-state index contributed by atoms with van der Waals surface area (Å²) >= 11 is 0. The Morgan fingerprint density at radius 2 is 2.00 bits per heavy atom. The van der Waals surface area contributed by atoms with E-state index in [1.54, 1.807) is 31.2 Å². The van der Waals surface area contributed by atoms with Crippen LogP contribution in [0.25, 0.3) is 11.0 Å². The summed E-state index contributed by atoms with van der Waals surface area (Å²) < 4.78 is 5.06. The second-order valence-corrected chi connectivity index (χ2v) is 4.20. The van der Waals surface area contributed by atoms with Crippen LogP contribution in [-0.4, -0.2) is 35.0 Å². The normalized spacial score (nSPS) is 10.4. The van der Waals surface area contributed by atoms with E-state index in [0.29, 0.717) is 11.0 Å². The summed E-state index contributed by atoms with van der Waals surface area (Å²) in [6, 6.07) is 8.23. The second kappa shape index (κ2) is 5.56. The van der Waals surface area contributed by atoms with Crippen LogP contribution in [0.2, 0.25) is 0 Å². The molecule has 0 aliphatic rings. The van der Waals surface area contributed by atoms with Crippen molar-refractivity contribution in [3.8, 4) is 0 Å². The van der Waals surface area contributed by atoms with Crippen LogP contribution in [0.3, 0.4) is 0 Å². The molecule has 0 aliphatic carbocycles. The molecule has 1 aromatic carbocycles. The van der Waals surface area contributed by atoms with Crippen molar-refractivity contribution in [1.29, 1.82) is 0 Å². The molecule has 1 heterocycles. The Morgan fingerprint density at radius 3 is 2.65 bits per heavy atom. The van der Waals surface area contributed by atoms with Crippen LogP contribution in [0.15, 0.2) is 39.5 Å². The fourth-order valence-corrected chi connectivity index (χ4v) is 1.87. The molecule has 0 spiro atoms. The Hall–Kier alpha value is -2.63. The molecule has 2 rings (SSSR count). The molecule has 0 saturated carbocycles. The lowest BCUT2D eigenvalue weighted by Gasteiger charge is -2.17. The second-order valence-electron chi connectivity index (χ2n) is 4.20. The predicted molar refractivity (Wildman–Crippen MR) is 71.7 cm³/mol. The predicted octanol–water partition coefficient (Wildman–Crippen LogP) is 1.34. The lowest BCUT2D eigenvalue weighted by Crippen LogP contribution is -2.37. The maximum Gasteiger partial charge on any atom is 0.349 e. The Kier molecular flexibility index (Phi) is 3.84. The lowest BCUT2D eigenvalue weighted by atomic mass is 10.1. The third-order valence-electron chi connectivity index (χ3n) is 2.87. The molecule has 6 nitrogen and oxygen atoms in total. The van der Waals surface area contributed by atoms with Gasteiger partial charge in [-0.05, 0) is 19.1 Å². The van der Waals surface area contributed by atoms with Gasteiger partial charge in [-0.1, -0.05) is 18.2 Å². The van der Waals surface area contributed by atoms with Gasteiger partial charge in [-0.3, -0.25) is 9.59 Å². The van der Waals surface area contributed by atoms with E-state index >= 15 is 0 Å². The average Bonchev–Trinajstić information content (AvgIpc) is 2.43. The molecule has 20 heavy (non-hydrogen) atoms. The van der Waals surface area contributed by atoms with E-state index in [2.05, 4.69) is 0 Å². The van der Waals surface area contributed by atoms with Crippen molar-refractivity contribution >= 4 is 22.8 Å². The van der Waals surface area contributed by atoms with Crippen molar-refractivity contribution in [2.75, 3.05) is 13.1 Å². The Morgan fingerprint density at radius 1 is 1.30 bits per heavy atom. The van der Waals surface area contributed by atoms with Crippen molar-refractivity contribution in [3.63, 3.8) is 0 Å². The number of likely N-dealkylation sites (N-methyl/N-ethyl adjacent to an activating group) is 1. The van der Waals surface area contributed by atoms with E-state index in [-0.39, 0.29) is 12.1 Å². The minimum Gasteiger partial charge on any atom is -0.480 e. The van der Waals surface area contributed by atoms with Crippen LogP contribution in [0.1, 0.15) is 17.3 Å². The molecular formula is C14H13NO5. The van der Waals surface area contributed by atoms with Crippen LogP contribution >= 0.6 is 0 Å². The van der Waals surface area contributed by atoms with E-state index in [9.17, 15) is 14.4 Å². The van der Waals surface area contributed by atoms with Gasteiger partial charge in [0.05, 0.1) is 0 Å². The fraction of sp³-hybridized carbons (Fsp3) is 0.214. The number of hydrogen-bond acceptors (Lipinski definition) is 4. The first-order valence-corrected chi connectivity index (χ1v) is 6.07. The molecular weight excluding hydrogens is 262 g/mol. The number of carboxylic acids is 1. The monoisotopic (exact) mass is 275 g/mol. The number of aliphatic carboxylic acids is 1. The number of carboxylic acid groups (broad SMARTS) is 1. The molecule has 1 N–H and O–H groups in total. The third-order valence-corrected chi connectivity index (χ3v) is 2.87. The van der Waals surface area contributed by atoms with Crippen LogP contribution < -0.4 is 5.63 Å². The lowest BCUT2D eigenvalue weighted by molar-refractivity contribution is -0.137. The summed E-state index contributed by atoms with van der Waals surface area (Å²) in [4.78, 5) is 35.8. The maximum atomic E-state index is 12.2. The number of hydrogen-bond donors (Lipinski definition) is 1. The number of fused-ring (bicyclic) bond motifs is 1. The van der Waals surface area contributed by atoms with Crippen molar-refractivity contribution in [1.82, 2.24) is 4.90 Å². The van der Waals surface area contributed by atoms with Gasteiger partial charge < -0.3 is 14.4 Å². The molecule has 0 fully saturated rings. The molecule has 6 heteroatoms. The molecule has 104 valence electrons. The highest BCUT2D eigenvalue weighted by atomic mass is 16.4. The summed E-state index contributed by atoms with van der Waals surface area (Å²) in [5, 5.41) is 9.37. The molecule has 1 aromatic heterocycles. The average molecular weight is 275 g/mol. The van der Waals surface area contributed by atoms with Gasteiger partial charge in [0.25, 0.3) is 5.91 Å². The highest BCUT2D eigenvalue weighted by Gasteiger charge is 2.21. The van der Waals surface area contributed by atoms with Gasteiger partial charge in [0.15, 0.2) is 0 Å². The first kappa shape index (κ1) is 13.8. The molecule has 1 amide bonds. The maximum absolute atomic E-state index is 12.2. The van der Waals surface area contributed by atoms with Gasteiger partial charge in [-0.25, -0.2) is 4.79 Å². The number of carbonyl (C=O) groups is 2. The van der Waals surface area contributed by atoms with E-state index in [0.717, 1.165) is 4.90 Å². The number of nitrogens with zero attached hydrogens (tertiary/aromatic N) is 1. The zero-order valence-corrected chi connectivity index (χ0v) is 10.8. The molecule has 2 aromatic rings. The van der Waals surface area contributed by atoms with Gasteiger partial charge in [0.2, 0.25) is 0 Å². The van der Waals surface area contributed by atoms with E-state index in [4.69, 9.17) is 9.52 Å². The van der Waals surface area contributed by atoms with Gasteiger partial charge in [0.1, 0.15) is 17.7 Å². The largest absolute Gasteiger partial charge is 0.480 e. The van der Waals surface area contributed by atoms with Gasteiger partial charge in [-0.2, -0.15) is 0 Å². The number of amides is 1. The van der Waals surface area contributed by atoms with Crippen LogP contribution in [0.4, 0.5) is 0 Å². The topological polar surface area (TPSA) is 87.8 Å². The highest BCUT2D eigenvalue weighted by Crippen LogP contribution is 2.13. The Bertz CT molecular complexity index is 719. The number of benzene rings is 1. The summed E-state index contributed by atoms with van der Waals surface area (Å²) in [5.41, 5.74) is -0.542. The number of rotatable bonds is 4. The van der Waals surface area contributed by atoms with Gasteiger partial charge in [-0.15, -0.1) is 0 Å². The first-order chi connectivity index (χ1) is 9.52. The molecule has 0 radical (unpaired) electrons. The summed E-state index contributed by atoms with van der Waals surface area (Å²) in [5.74, 6) is -1.78. The van der Waals surface area contributed by atoms with E-state index in [1.165, 1.54) is 6.07 Å². The summed E-state index contributed by atoms with van der Waals surface area (Å²) in [6.07, 6.45) is 0. The van der Waals surface area contributed by atoms with Gasteiger partial charge in [0, 0.05) is 11.9 Å². The Balaban J connectivity index is 2.45. The fourth-order valence-electron chi connectivity index (χ4n) is 1.87. The molecule has 0 bridgehead atoms. The SMILES string of the molecule is CCN(CC(=O)O)C(=O)c1cc2ccccc2oc1=O. The number of para-hydroxylation sites is 1. The van der Waals surface area contributed by atoms with Crippen LogP contribution in [-0.2, 0) is 4.79 Å². The van der Waals surface area contributed by atoms with E-state index < -0.39 is 24.0 Å². The van der Waals surface area contributed by atoms with Crippen molar-refractivity contribution in [3.05, 3.63) is 46.3 Å². The van der Waals surface area contributed by atoms with Crippen molar-refractivity contribution in [2.45, 2.75) is 6.92 Å². The summed E-state index contributed by atoms with van der Waals surface area (Å²) in [7, 11) is 0. The van der Waals surface area contributed by atoms with Crippen LogP contribution in [0.5, 0.6) is 0 Å². The minimum atomic E-state index is -1.13. The quantitative estimate of drug-likeness (QED) is 0.851. The zero-order valence-electron chi connectivity index (χ0n) is 10.8. The third kappa shape index (κ3) is 2.69. The summed E-state index contributed by atoms with van der Waals surface area (Å²) in [6.45, 7) is 1.38. The minimum absolute atomic E-state index is 0.160. The highest BCUT2D eigenvalue weighted by molar-refractivity contribution is 5.97. The molecule has 0 saturated heterocycles. The molecule has 0 atom stereocenters. The van der Waals surface area contributed by atoms with Crippen molar-refractivity contribution in [2.24, 2.45) is 0 Å². The molecule has 0 unspecified atom stereocenters.